The standard InChI is InChI=1S/C24H27N3OS/c1-18-7-6-10-19(13-18)24-26-22(17-29-24)14-23(28)25-15-20-8-2-3-9-21(20)16-27-11-4-5-12-27/h2-3,6-10,13,17H,4-5,11-12,14-16H2,1H3,(H,25,28). The van der Waals surface area contributed by atoms with Crippen molar-refractivity contribution in [3.05, 3.63) is 76.3 Å². The van der Waals surface area contributed by atoms with Gasteiger partial charge in [-0.05, 0) is 50.0 Å². The number of aryl methyl sites for hydroxylation is 1. The first-order valence-electron chi connectivity index (χ1n) is 10.2. The lowest BCUT2D eigenvalue weighted by molar-refractivity contribution is -0.120. The number of nitrogens with zero attached hydrogens (tertiary/aromatic N) is 2. The van der Waals surface area contributed by atoms with Crippen LogP contribution in [0.15, 0.2) is 53.9 Å². The van der Waals surface area contributed by atoms with E-state index in [9.17, 15) is 4.79 Å². The van der Waals surface area contributed by atoms with Crippen molar-refractivity contribution in [2.24, 2.45) is 0 Å². The summed E-state index contributed by atoms with van der Waals surface area (Å²) in [5.41, 5.74) is 5.66. The molecule has 29 heavy (non-hydrogen) atoms. The molecule has 0 unspecified atom stereocenters. The number of benzene rings is 2. The van der Waals surface area contributed by atoms with Crippen molar-refractivity contribution >= 4 is 17.2 Å². The highest BCUT2D eigenvalue weighted by molar-refractivity contribution is 7.13. The maximum absolute atomic E-state index is 12.5. The van der Waals surface area contributed by atoms with E-state index in [4.69, 9.17) is 0 Å². The van der Waals surface area contributed by atoms with Gasteiger partial charge in [0.1, 0.15) is 5.01 Å². The van der Waals surface area contributed by atoms with E-state index in [-0.39, 0.29) is 5.91 Å². The first kappa shape index (κ1) is 19.8. The van der Waals surface area contributed by atoms with E-state index in [1.165, 1.54) is 42.6 Å². The number of amides is 1. The molecular weight excluding hydrogens is 378 g/mol. The molecule has 0 spiro atoms. The molecule has 0 radical (unpaired) electrons. The third-order valence-electron chi connectivity index (χ3n) is 5.35. The Bertz CT molecular complexity index is 976. The van der Waals surface area contributed by atoms with Crippen molar-refractivity contribution in [3.8, 4) is 10.6 Å². The number of carbonyl (C=O) groups excluding carboxylic acids is 1. The molecule has 1 aliphatic rings. The molecule has 1 aliphatic heterocycles. The van der Waals surface area contributed by atoms with Gasteiger partial charge in [0.25, 0.3) is 0 Å². The van der Waals surface area contributed by atoms with Crippen LogP contribution in [0.2, 0.25) is 0 Å². The van der Waals surface area contributed by atoms with Crippen LogP contribution in [0, 0.1) is 6.92 Å². The first-order valence-corrected chi connectivity index (χ1v) is 11.1. The molecule has 2 aromatic carbocycles. The van der Waals surface area contributed by atoms with E-state index in [2.05, 4.69) is 58.5 Å². The highest BCUT2D eigenvalue weighted by Gasteiger charge is 2.14. The number of rotatable bonds is 7. The quantitative estimate of drug-likeness (QED) is 0.626. The summed E-state index contributed by atoms with van der Waals surface area (Å²) in [7, 11) is 0. The minimum atomic E-state index is 0.0158. The number of nitrogens with one attached hydrogen (secondary N) is 1. The summed E-state index contributed by atoms with van der Waals surface area (Å²) in [4.78, 5) is 19.6. The number of likely N-dealkylation sites (tertiary alicyclic amines) is 1. The van der Waals surface area contributed by atoms with Crippen LogP contribution in [0.4, 0.5) is 0 Å². The van der Waals surface area contributed by atoms with Crippen molar-refractivity contribution < 1.29 is 4.79 Å². The van der Waals surface area contributed by atoms with Crippen molar-refractivity contribution in [2.45, 2.75) is 39.3 Å². The van der Waals surface area contributed by atoms with E-state index in [0.717, 1.165) is 22.8 Å². The first-order chi connectivity index (χ1) is 14.2. The van der Waals surface area contributed by atoms with E-state index in [0.29, 0.717) is 13.0 Å². The third kappa shape index (κ3) is 5.31. The van der Waals surface area contributed by atoms with Crippen molar-refractivity contribution in [1.82, 2.24) is 15.2 Å². The van der Waals surface area contributed by atoms with Crippen LogP contribution in [0.25, 0.3) is 10.6 Å². The topological polar surface area (TPSA) is 45.2 Å². The molecule has 150 valence electrons. The lowest BCUT2D eigenvalue weighted by atomic mass is 10.1. The zero-order valence-corrected chi connectivity index (χ0v) is 17.7. The highest BCUT2D eigenvalue weighted by atomic mass is 32.1. The third-order valence-corrected chi connectivity index (χ3v) is 6.29. The molecule has 0 bridgehead atoms. The summed E-state index contributed by atoms with van der Waals surface area (Å²) in [6.45, 7) is 5.96. The van der Waals surface area contributed by atoms with E-state index < -0.39 is 0 Å². The molecule has 1 saturated heterocycles. The average Bonchev–Trinajstić information content (AvgIpc) is 3.39. The fraction of sp³-hybridized carbons (Fsp3) is 0.333. The maximum Gasteiger partial charge on any atom is 0.226 e. The molecule has 4 rings (SSSR count). The second-order valence-electron chi connectivity index (χ2n) is 7.72. The Morgan fingerprint density at radius 2 is 1.90 bits per heavy atom. The summed E-state index contributed by atoms with van der Waals surface area (Å²) in [6.07, 6.45) is 2.89. The van der Waals surface area contributed by atoms with Gasteiger partial charge in [0.05, 0.1) is 12.1 Å². The number of hydrogen-bond acceptors (Lipinski definition) is 4. The Morgan fingerprint density at radius 3 is 2.69 bits per heavy atom. The monoisotopic (exact) mass is 405 g/mol. The lowest BCUT2D eigenvalue weighted by Gasteiger charge is -2.17. The second kappa shape index (κ2) is 9.33. The van der Waals surface area contributed by atoms with E-state index in [1.807, 2.05) is 17.5 Å². The Kier molecular flexibility index (Phi) is 6.37. The smallest absolute Gasteiger partial charge is 0.226 e. The largest absolute Gasteiger partial charge is 0.352 e. The van der Waals surface area contributed by atoms with E-state index in [1.54, 1.807) is 11.3 Å². The van der Waals surface area contributed by atoms with Crippen molar-refractivity contribution in [2.75, 3.05) is 13.1 Å². The Hall–Kier alpha value is -2.50. The van der Waals surface area contributed by atoms with Crippen molar-refractivity contribution in [1.29, 1.82) is 0 Å². The molecule has 1 amide bonds. The van der Waals surface area contributed by atoms with Gasteiger partial charge < -0.3 is 5.32 Å². The van der Waals surface area contributed by atoms with E-state index >= 15 is 0 Å². The molecule has 1 N–H and O–H groups in total. The lowest BCUT2D eigenvalue weighted by Crippen LogP contribution is -2.26. The van der Waals surface area contributed by atoms with Gasteiger partial charge in [-0.3, -0.25) is 9.69 Å². The van der Waals surface area contributed by atoms with Gasteiger partial charge in [-0.1, -0.05) is 48.0 Å². The molecular formula is C24H27N3OS. The van der Waals surface area contributed by atoms with Gasteiger partial charge in [0.2, 0.25) is 5.91 Å². The molecule has 1 fully saturated rings. The highest BCUT2D eigenvalue weighted by Crippen LogP contribution is 2.24. The van der Waals surface area contributed by atoms with Crippen LogP contribution in [-0.4, -0.2) is 28.9 Å². The molecule has 1 aromatic heterocycles. The number of aromatic nitrogens is 1. The van der Waals surface area contributed by atoms with Gasteiger partial charge in [-0.25, -0.2) is 4.98 Å². The van der Waals surface area contributed by atoms with Crippen molar-refractivity contribution in [3.63, 3.8) is 0 Å². The minimum Gasteiger partial charge on any atom is -0.352 e. The normalized spacial score (nSPS) is 14.2. The van der Waals surface area contributed by atoms with Crippen LogP contribution in [0.3, 0.4) is 0 Å². The van der Waals surface area contributed by atoms with Crippen LogP contribution >= 0.6 is 11.3 Å². The Balaban J connectivity index is 1.34. The molecule has 3 aromatic rings. The molecule has 0 atom stereocenters. The van der Waals surface area contributed by atoms with Crippen LogP contribution in [0.5, 0.6) is 0 Å². The number of hydrogen-bond donors (Lipinski definition) is 1. The van der Waals surface area contributed by atoms with Crippen LogP contribution < -0.4 is 5.32 Å². The SMILES string of the molecule is Cc1cccc(-c2nc(CC(=O)NCc3ccccc3CN3CCCC3)cs2)c1. The fourth-order valence-electron chi connectivity index (χ4n) is 3.79. The number of carbonyl (C=O) groups is 1. The number of thiazole rings is 1. The molecule has 2 heterocycles. The summed E-state index contributed by atoms with van der Waals surface area (Å²) in [6, 6.07) is 16.7. The molecule has 0 aliphatic carbocycles. The van der Waals surface area contributed by atoms with Gasteiger partial charge in [0.15, 0.2) is 0 Å². The van der Waals surface area contributed by atoms with Gasteiger partial charge in [0, 0.05) is 24.0 Å². The Morgan fingerprint density at radius 1 is 1.10 bits per heavy atom. The van der Waals surface area contributed by atoms with Gasteiger partial charge in [-0.15, -0.1) is 11.3 Å². The summed E-state index contributed by atoms with van der Waals surface area (Å²) >= 11 is 1.59. The van der Waals surface area contributed by atoms with Gasteiger partial charge in [-0.2, -0.15) is 0 Å². The summed E-state index contributed by atoms with van der Waals surface area (Å²) in [5.74, 6) is 0.0158. The maximum atomic E-state index is 12.5. The average molecular weight is 406 g/mol. The predicted molar refractivity (Wildman–Crippen MR) is 119 cm³/mol. The van der Waals surface area contributed by atoms with Crippen LogP contribution in [0.1, 0.15) is 35.2 Å². The summed E-state index contributed by atoms with van der Waals surface area (Å²) < 4.78 is 0. The van der Waals surface area contributed by atoms with Gasteiger partial charge >= 0.3 is 0 Å². The predicted octanol–water partition coefficient (Wildman–Crippen LogP) is 4.57. The zero-order valence-electron chi connectivity index (χ0n) is 16.9. The van der Waals surface area contributed by atoms with Crippen LogP contribution in [-0.2, 0) is 24.3 Å². The summed E-state index contributed by atoms with van der Waals surface area (Å²) in [5, 5.41) is 6.03. The Labute approximate surface area is 176 Å². The minimum absolute atomic E-state index is 0.0158. The second-order valence-corrected chi connectivity index (χ2v) is 8.58. The fourth-order valence-corrected chi connectivity index (χ4v) is 4.60. The molecule has 5 heteroatoms. The zero-order chi connectivity index (χ0) is 20.1. The molecule has 4 nitrogen and oxygen atoms in total. The molecule has 0 saturated carbocycles.